The molecule has 1 aliphatic carbocycles. The number of carbonyl (C=O) groups excluding carboxylic acids is 1. The van der Waals surface area contributed by atoms with Crippen molar-refractivity contribution < 1.29 is 4.79 Å². The molecule has 0 radical (unpaired) electrons. The van der Waals surface area contributed by atoms with Gasteiger partial charge in [-0.2, -0.15) is 9.90 Å². The van der Waals surface area contributed by atoms with Crippen molar-refractivity contribution >= 4 is 5.91 Å². The summed E-state index contributed by atoms with van der Waals surface area (Å²) in [4.78, 5) is 16.3. The standard InChI is InChI=1S/C14H22N4O/c1-2-18-15-11-12(16-18)13(19)17-10-6-9-14(17)7-4-3-5-8-14/h11H,2-10H2,1H3. The van der Waals surface area contributed by atoms with Gasteiger partial charge < -0.3 is 4.90 Å². The van der Waals surface area contributed by atoms with Crippen molar-refractivity contribution in [2.45, 2.75) is 64.0 Å². The molecule has 104 valence electrons. The van der Waals surface area contributed by atoms with E-state index in [1.807, 2.05) is 6.92 Å². The van der Waals surface area contributed by atoms with Crippen molar-refractivity contribution in [3.63, 3.8) is 0 Å². The number of nitrogens with zero attached hydrogens (tertiary/aromatic N) is 4. The molecule has 1 aromatic rings. The first-order valence-electron chi connectivity index (χ1n) is 7.47. The number of aromatic nitrogens is 3. The van der Waals surface area contributed by atoms with Crippen molar-refractivity contribution in [3.8, 4) is 0 Å². The Morgan fingerprint density at radius 2 is 2.00 bits per heavy atom. The summed E-state index contributed by atoms with van der Waals surface area (Å²) in [5.74, 6) is 0.0825. The van der Waals surface area contributed by atoms with Crippen molar-refractivity contribution in [2.75, 3.05) is 6.54 Å². The van der Waals surface area contributed by atoms with Gasteiger partial charge in [0.15, 0.2) is 5.69 Å². The number of aryl methyl sites for hydroxylation is 1. The molecule has 2 fully saturated rings. The Morgan fingerprint density at radius 3 is 2.68 bits per heavy atom. The lowest BCUT2D eigenvalue weighted by Gasteiger charge is -2.41. The minimum atomic E-state index is 0.0825. The van der Waals surface area contributed by atoms with E-state index in [0.29, 0.717) is 12.2 Å². The van der Waals surface area contributed by atoms with Crippen LogP contribution in [0.5, 0.6) is 0 Å². The van der Waals surface area contributed by atoms with Gasteiger partial charge in [-0.05, 0) is 32.6 Å². The number of likely N-dealkylation sites (tertiary alicyclic amines) is 1. The van der Waals surface area contributed by atoms with Crippen LogP contribution in [-0.2, 0) is 6.54 Å². The third-order valence-electron chi connectivity index (χ3n) is 4.66. The van der Waals surface area contributed by atoms with Crippen LogP contribution >= 0.6 is 0 Å². The minimum absolute atomic E-state index is 0.0825. The molecule has 1 amide bonds. The van der Waals surface area contributed by atoms with Gasteiger partial charge in [0.25, 0.3) is 5.91 Å². The number of amides is 1. The maximum absolute atomic E-state index is 12.7. The summed E-state index contributed by atoms with van der Waals surface area (Å²) in [6.07, 6.45) is 10.1. The van der Waals surface area contributed by atoms with Crippen LogP contribution in [0.15, 0.2) is 6.20 Å². The van der Waals surface area contributed by atoms with Crippen LogP contribution in [0.3, 0.4) is 0 Å². The van der Waals surface area contributed by atoms with Crippen molar-refractivity contribution in [2.24, 2.45) is 0 Å². The molecule has 1 saturated heterocycles. The zero-order valence-electron chi connectivity index (χ0n) is 11.6. The highest BCUT2D eigenvalue weighted by Gasteiger charge is 2.44. The average Bonchev–Trinajstić information content (AvgIpc) is 3.06. The molecule has 2 aliphatic rings. The van der Waals surface area contributed by atoms with E-state index in [1.54, 1.807) is 11.0 Å². The maximum atomic E-state index is 12.7. The van der Waals surface area contributed by atoms with Gasteiger partial charge >= 0.3 is 0 Å². The lowest BCUT2D eigenvalue weighted by atomic mass is 9.79. The summed E-state index contributed by atoms with van der Waals surface area (Å²) >= 11 is 0. The Morgan fingerprint density at radius 1 is 1.26 bits per heavy atom. The van der Waals surface area contributed by atoms with Crippen LogP contribution in [0.25, 0.3) is 0 Å². The second kappa shape index (κ2) is 4.94. The fraction of sp³-hybridized carbons (Fsp3) is 0.786. The summed E-state index contributed by atoms with van der Waals surface area (Å²) in [5.41, 5.74) is 0.638. The van der Waals surface area contributed by atoms with Gasteiger partial charge in [0.2, 0.25) is 0 Å². The largest absolute Gasteiger partial charge is 0.332 e. The Kier molecular flexibility index (Phi) is 3.29. The van der Waals surface area contributed by atoms with Crippen LogP contribution in [0.2, 0.25) is 0 Å². The lowest BCUT2D eigenvalue weighted by molar-refractivity contribution is 0.0493. The predicted octanol–water partition coefficient (Wildman–Crippen LogP) is 2.24. The Labute approximate surface area is 114 Å². The molecule has 1 saturated carbocycles. The topological polar surface area (TPSA) is 51.0 Å². The first-order valence-corrected chi connectivity index (χ1v) is 7.47. The number of rotatable bonds is 2. The Hall–Kier alpha value is -1.39. The molecule has 1 aliphatic heterocycles. The minimum Gasteiger partial charge on any atom is -0.332 e. The van der Waals surface area contributed by atoms with Crippen molar-refractivity contribution in [1.29, 1.82) is 0 Å². The monoisotopic (exact) mass is 262 g/mol. The summed E-state index contributed by atoms with van der Waals surface area (Å²) in [7, 11) is 0. The first kappa shape index (κ1) is 12.6. The fourth-order valence-corrected chi connectivity index (χ4v) is 3.67. The molecule has 0 atom stereocenters. The summed E-state index contributed by atoms with van der Waals surface area (Å²) in [6, 6.07) is 0. The highest BCUT2D eigenvalue weighted by Crippen LogP contribution is 2.42. The third-order valence-corrected chi connectivity index (χ3v) is 4.66. The second-order valence-corrected chi connectivity index (χ2v) is 5.76. The summed E-state index contributed by atoms with van der Waals surface area (Å²) in [5, 5.41) is 8.38. The van der Waals surface area contributed by atoms with Gasteiger partial charge in [-0.25, -0.2) is 0 Å². The molecule has 0 bridgehead atoms. The van der Waals surface area contributed by atoms with Crippen LogP contribution in [0, 0.1) is 0 Å². The van der Waals surface area contributed by atoms with E-state index in [2.05, 4.69) is 15.1 Å². The number of hydrogen-bond donors (Lipinski definition) is 0. The lowest BCUT2D eigenvalue weighted by Crippen LogP contribution is -2.48. The Bertz CT molecular complexity index is 462. The van der Waals surface area contributed by atoms with E-state index >= 15 is 0 Å². The maximum Gasteiger partial charge on any atom is 0.276 e. The van der Waals surface area contributed by atoms with Crippen LogP contribution in [0.1, 0.15) is 62.4 Å². The molecule has 2 heterocycles. The zero-order valence-corrected chi connectivity index (χ0v) is 11.6. The number of hydrogen-bond acceptors (Lipinski definition) is 3. The molecule has 19 heavy (non-hydrogen) atoms. The molecule has 1 spiro atoms. The fourth-order valence-electron chi connectivity index (χ4n) is 3.67. The molecule has 0 unspecified atom stereocenters. The molecular weight excluding hydrogens is 240 g/mol. The van der Waals surface area contributed by atoms with Gasteiger partial charge in [0.05, 0.1) is 12.7 Å². The molecule has 3 rings (SSSR count). The number of carbonyl (C=O) groups is 1. The average molecular weight is 262 g/mol. The third kappa shape index (κ3) is 2.15. The van der Waals surface area contributed by atoms with Gasteiger partial charge in [-0.1, -0.05) is 19.3 Å². The first-order chi connectivity index (χ1) is 9.25. The van der Waals surface area contributed by atoms with Crippen molar-refractivity contribution in [1.82, 2.24) is 19.9 Å². The van der Waals surface area contributed by atoms with E-state index in [9.17, 15) is 4.79 Å². The molecule has 5 heteroatoms. The SMILES string of the molecule is CCn1ncc(C(=O)N2CCCC23CCCCC3)n1. The predicted molar refractivity (Wildman–Crippen MR) is 71.8 cm³/mol. The van der Waals surface area contributed by atoms with E-state index in [0.717, 1.165) is 13.0 Å². The zero-order chi connectivity index (χ0) is 13.3. The van der Waals surface area contributed by atoms with E-state index in [1.165, 1.54) is 38.5 Å². The van der Waals surface area contributed by atoms with Crippen LogP contribution < -0.4 is 0 Å². The normalized spacial score (nSPS) is 22.1. The molecule has 5 nitrogen and oxygen atoms in total. The van der Waals surface area contributed by atoms with Crippen molar-refractivity contribution in [3.05, 3.63) is 11.9 Å². The molecule has 0 aromatic carbocycles. The van der Waals surface area contributed by atoms with Gasteiger partial charge in [0.1, 0.15) is 0 Å². The highest BCUT2D eigenvalue weighted by molar-refractivity contribution is 5.92. The highest BCUT2D eigenvalue weighted by atomic mass is 16.2. The molecule has 1 aromatic heterocycles. The van der Waals surface area contributed by atoms with Crippen LogP contribution in [-0.4, -0.2) is 37.9 Å². The molecule has 0 N–H and O–H groups in total. The van der Waals surface area contributed by atoms with Gasteiger partial charge in [0, 0.05) is 12.1 Å². The smallest absolute Gasteiger partial charge is 0.276 e. The van der Waals surface area contributed by atoms with Gasteiger partial charge in [-0.15, -0.1) is 5.10 Å². The van der Waals surface area contributed by atoms with E-state index < -0.39 is 0 Å². The summed E-state index contributed by atoms with van der Waals surface area (Å²) < 4.78 is 0. The molecular formula is C14H22N4O. The van der Waals surface area contributed by atoms with E-state index in [4.69, 9.17) is 0 Å². The van der Waals surface area contributed by atoms with E-state index in [-0.39, 0.29) is 11.4 Å². The Balaban J connectivity index is 1.81. The van der Waals surface area contributed by atoms with Gasteiger partial charge in [-0.3, -0.25) is 4.79 Å². The summed E-state index contributed by atoms with van der Waals surface area (Å²) in [6.45, 7) is 3.57. The van der Waals surface area contributed by atoms with Crippen LogP contribution in [0.4, 0.5) is 0 Å². The second-order valence-electron chi connectivity index (χ2n) is 5.76. The quantitative estimate of drug-likeness (QED) is 0.821.